The van der Waals surface area contributed by atoms with Crippen molar-refractivity contribution in [3.05, 3.63) is 36.4 Å². The van der Waals surface area contributed by atoms with Crippen LogP contribution < -0.4 is 9.80 Å². The van der Waals surface area contributed by atoms with Gasteiger partial charge in [-0.1, -0.05) is 35.9 Å². The Balaban J connectivity index is 2.43. The molecule has 0 radical (unpaired) electrons. The maximum Gasteiger partial charge on any atom is 0.179 e. The smallest absolute Gasteiger partial charge is 0.179 e. The molecular weight excluding hydrogens is 220 g/mol. The minimum Gasteiger partial charge on any atom is -0.341 e. The normalized spacial score (nSPS) is 15.9. The minimum absolute atomic E-state index is 0.125. The first-order chi connectivity index (χ1) is 7.70. The van der Waals surface area contributed by atoms with Gasteiger partial charge in [-0.05, 0) is 17.5 Å². The molecule has 0 amide bonds. The first-order valence-corrected chi connectivity index (χ1v) is 5.75. The lowest BCUT2D eigenvalue weighted by Crippen LogP contribution is -2.43. The average Bonchev–Trinajstić information content (AvgIpc) is 2.33. The number of anilines is 2. The van der Waals surface area contributed by atoms with Crippen LogP contribution in [0.4, 0.5) is 11.4 Å². The third-order valence-corrected chi connectivity index (χ3v) is 3.85. The van der Waals surface area contributed by atoms with Gasteiger partial charge in [-0.25, -0.2) is 0 Å². The van der Waals surface area contributed by atoms with Crippen molar-refractivity contribution in [2.45, 2.75) is 5.62 Å². The maximum absolute atomic E-state index is 6.38. The maximum atomic E-state index is 6.38. The van der Waals surface area contributed by atoms with Gasteiger partial charge in [-0.2, -0.15) is 0 Å². The first kappa shape index (κ1) is 9.79. The van der Waals surface area contributed by atoms with Crippen LogP contribution in [0.3, 0.4) is 0 Å². The summed E-state index contributed by atoms with van der Waals surface area (Å²) in [6.45, 7) is 0. The second kappa shape index (κ2) is 3.29. The molecule has 1 aliphatic heterocycles. The van der Waals surface area contributed by atoms with Crippen LogP contribution >= 0.6 is 11.6 Å². The molecule has 1 aliphatic rings. The van der Waals surface area contributed by atoms with E-state index in [1.807, 2.05) is 14.1 Å². The van der Waals surface area contributed by atoms with Crippen molar-refractivity contribution < 1.29 is 0 Å². The molecule has 0 atom stereocenters. The van der Waals surface area contributed by atoms with Gasteiger partial charge >= 0.3 is 0 Å². The van der Waals surface area contributed by atoms with Gasteiger partial charge in [0.1, 0.15) is 0 Å². The molecule has 0 aliphatic carbocycles. The van der Waals surface area contributed by atoms with E-state index in [9.17, 15) is 0 Å². The second-order valence-corrected chi connectivity index (χ2v) is 4.58. The van der Waals surface area contributed by atoms with Crippen LogP contribution in [0.15, 0.2) is 36.4 Å². The average molecular weight is 233 g/mol. The lowest BCUT2D eigenvalue weighted by Gasteiger charge is -2.39. The van der Waals surface area contributed by atoms with Gasteiger partial charge in [0, 0.05) is 30.9 Å². The zero-order valence-corrected chi connectivity index (χ0v) is 10.1. The Morgan fingerprint density at radius 1 is 0.938 bits per heavy atom. The molecule has 0 fully saturated rings. The fourth-order valence-corrected chi connectivity index (χ4v) is 2.59. The molecule has 82 valence electrons. The fourth-order valence-electron chi connectivity index (χ4n) is 2.38. The Labute approximate surface area is 100 Å². The lowest BCUT2D eigenvalue weighted by molar-refractivity contribution is 0.784. The number of nitrogens with zero attached hydrogens (tertiary/aromatic N) is 2. The quantitative estimate of drug-likeness (QED) is 0.508. The van der Waals surface area contributed by atoms with Crippen molar-refractivity contribution in [3.8, 4) is 0 Å². The number of hydrogen-bond acceptors (Lipinski definition) is 2. The predicted molar refractivity (Wildman–Crippen MR) is 70.4 cm³/mol. The van der Waals surface area contributed by atoms with Crippen LogP contribution in [0, 0.1) is 0 Å². The molecule has 0 unspecified atom stereocenters. The summed E-state index contributed by atoms with van der Waals surface area (Å²) < 4.78 is 0. The van der Waals surface area contributed by atoms with Crippen LogP contribution in [0.2, 0.25) is 0 Å². The highest BCUT2D eigenvalue weighted by Crippen LogP contribution is 2.40. The van der Waals surface area contributed by atoms with Crippen LogP contribution in [0.5, 0.6) is 0 Å². The number of rotatable bonds is 0. The van der Waals surface area contributed by atoms with Crippen molar-refractivity contribution in [1.29, 1.82) is 0 Å². The van der Waals surface area contributed by atoms with E-state index >= 15 is 0 Å². The molecule has 2 aromatic rings. The summed E-state index contributed by atoms with van der Waals surface area (Å²) in [6, 6.07) is 12.7. The fraction of sp³-hybridized carbons (Fsp3) is 0.231. The SMILES string of the molecule is CN1c2cccc3cccc(c23)N(C)C1Cl. The summed E-state index contributed by atoms with van der Waals surface area (Å²) in [7, 11) is 4.05. The molecule has 0 saturated carbocycles. The summed E-state index contributed by atoms with van der Waals surface area (Å²) >= 11 is 6.38. The van der Waals surface area contributed by atoms with Crippen LogP contribution in [-0.4, -0.2) is 19.7 Å². The Morgan fingerprint density at radius 2 is 1.44 bits per heavy atom. The Bertz CT molecular complexity index is 508. The highest BCUT2D eigenvalue weighted by atomic mass is 35.5. The number of hydrogen-bond donors (Lipinski definition) is 0. The molecule has 2 nitrogen and oxygen atoms in total. The largest absolute Gasteiger partial charge is 0.341 e. The van der Waals surface area contributed by atoms with Gasteiger partial charge in [0.25, 0.3) is 0 Å². The van der Waals surface area contributed by atoms with E-state index in [0.717, 1.165) is 0 Å². The molecule has 0 spiro atoms. The van der Waals surface area contributed by atoms with Crippen molar-refractivity contribution >= 4 is 33.7 Å². The van der Waals surface area contributed by atoms with E-state index in [2.05, 4.69) is 46.2 Å². The number of halogens is 1. The molecule has 3 rings (SSSR count). The first-order valence-electron chi connectivity index (χ1n) is 5.31. The summed E-state index contributed by atoms with van der Waals surface area (Å²) in [5.74, 6) is 0. The van der Waals surface area contributed by atoms with Gasteiger partial charge in [0.2, 0.25) is 0 Å². The minimum atomic E-state index is -0.125. The van der Waals surface area contributed by atoms with Gasteiger partial charge in [-0.3, -0.25) is 0 Å². The van der Waals surface area contributed by atoms with Crippen LogP contribution in [-0.2, 0) is 0 Å². The lowest BCUT2D eigenvalue weighted by atomic mass is 10.0. The van der Waals surface area contributed by atoms with E-state index in [-0.39, 0.29) is 5.62 Å². The molecule has 0 bridgehead atoms. The van der Waals surface area contributed by atoms with E-state index in [1.54, 1.807) is 0 Å². The van der Waals surface area contributed by atoms with E-state index in [1.165, 1.54) is 22.1 Å². The van der Waals surface area contributed by atoms with E-state index < -0.39 is 0 Å². The Kier molecular flexibility index (Phi) is 2.01. The molecule has 2 aromatic carbocycles. The third-order valence-electron chi connectivity index (χ3n) is 3.26. The third kappa shape index (κ3) is 1.14. The van der Waals surface area contributed by atoms with Gasteiger partial charge in [0.15, 0.2) is 5.62 Å². The van der Waals surface area contributed by atoms with Crippen LogP contribution in [0.1, 0.15) is 0 Å². The summed E-state index contributed by atoms with van der Waals surface area (Å²) in [5, 5.41) is 2.55. The summed E-state index contributed by atoms with van der Waals surface area (Å²) in [5.41, 5.74) is 2.28. The number of benzene rings is 2. The molecule has 1 heterocycles. The van der Waals surface area contributed by atoms with Gasteiger partial charge in [-0.15, -0.1) is 0 Å². The van der Waals surface area contributed by atoms with Crippen molar-refractivity contribution in [2.75, 3.05) is 23.9 Å². The monoisotopic (exact) mass is 232 g/mol. The molecular formula is C13H13ClN2. The van der Waals surface area contributed by atoms with E-state index in [4.69, 9.17) is 11.6 Å². The van der Waals surface area contributed by atoms with Crippen molar-refractivity contribution in [3.63, 3.8) is 0 Å². The molecule has 0 N–H and O–H groups in total. The standard InChI is InChI=1S/C13H13ClN2/c1-15-10-7-3-5-9-6-4-8-11(12(9)10)16(2)13(15)14/h3-8,13H,1-2H3. The highest BCUT2D eigenvalue weighted by molar-refractivity contribution is 6.25. The summed E-state index contributed by atoms with van der Waals surface area (Å²) in [6.07, 6.45) is 0. The van der Waals surface area contributed by atoms with Gasteiger partial charge in [0.05, 0.1) is 0 Å². The predicted octanol–water partition coefficient (Wildman–Crippen LogP) is 3.25. The Morgan fingerprint density at radius 3 is 1.94 bits per heavy atom. The molecule has 16 heavy (non-hydrogen) atoms. The van der Waals surface area contributed by atoms with Crippen molar-refractivity contribution in [2.24, 2.45) is 0 Å². The second-order valence-electron chi connectivity index (χ2n) is 4.18. The summed E-state index contributed by atoms with van der Waals surface area (Å²) in [4.78, 5) is 4.19. The molecule has 0 aromatic heterocycles. The molecule has 0 saturated heterocycles. The number of alkyl halides is 1. The van der Waals surface area contributed by atoms with Crippen LogP contribution in [0.25, 0.3) is 10.8 Å². The zero-order chi connectivity index (χ0) is 11.3. The zero-order valence-electron chi connectivity index (χ0n) is 9.31. The Hall–Kier alpha value is -1.41. The van der Waals surface area contributed by atoms with E-state index in [0.29, 0.717) is 0 Å². The van der Waals surface area contributed by atoms with Gasteiger partial charge < -0.3 is 9.80 Å². The molecule has 3 heteroatoms. The van der Waals surface area contributed by atoms with Crippen molar-refractivity contribution in [1.82, 2.24) is 0 Å². The highest BCUT2D eigenvalue weighted by Gasteiger charge is 2.26. The topological polar surface area (TPSA) is 6.48 Å².